The number of likely N-dealkylation sites (tertiary alicyclic amines) is 1. The average molecular weight is 525 g/mol. The van der Waals surface area contributed by atoms with Gasteiger partial charge in [0, 0.05) is 53.8 Å². The predicted octanol–water partition coefficient (Wildman–Crippen LogP) is 0.710. The van der Waals surface area contributed by atoms with Gasteiger partial charge in [-0.2, -0.15) is 6.92 Å². The molecule has 1 N–H and O–H groups in total. The molecule has 20 heavy (non-hydrogen) atoms. The zero-order chi connectivity index (χ0) is 13.6. The molecule has 0 saturated carbocycles. The van der Waals surface area contributed by atoms with E-state index >= 15 is 0 Å². The van der Waals surface area contributed by atoms with Crippen LogP contribution in [0, 0.1) is 18.4 Å². The van der Waals surface area contributed by atoms with Gasteiger partial charge in [-0.1, -0.05) is 19.4 Å². The molecule has 1 rings (SSSR count). The predicted molar refractivity (Wildman–Crippen MR) is 74.6 cm³/mol. The molecule has 0 atom stereocenters. The molecule has 0 bridgehead atoms. The number of piperidine rings is 1. The SMILES string of the molecule is [CH2-]C1(CN[C-](C)CN(C)C[C-]=O)CCN(C)CC1.[W].[Y]. The Morgan fingerprint density at radius 3 is 2.50 bits per heavy atom. The number of nitrogens with zero attached hydrogens (tertiary/aromatic N) is 2. The molecule has 0 aromatic rings. The molecule has 0 aliphatic carbocycles. The molecule has 1 aliphatic heterocycles. The van der Waals surface area contributed by atoms with Crippen molar-refractivity contribution >= 4 is 6.29 Å². The van der Waals surface area contributed by atoms with E-state index < -0.39 is 0 Å². The third-order valence-electron chi connectivity index (χ3n) is 3.65. The van der Waals surface area contributed by atoms with Crippen molar-refractivity contribution in [2.45, 2.75) is 19.8 Å². The molecule has 4 nitrogen and oxygen atoms in total. The third kappa shape index (κ3) is 9.38. The minimum atomic E-state index is 0. The third-order valence-corrected chi connectivity index (χ3v) is 3.65. The van der Waals surface area contributed by atoms with Crippen molar-refractivity contribution < 1.29 is 58.6 Å². The van der Waals surface area contributed by atoms with Gasteiger partial charge in [-0.25, -0.2) is 6.04 Å². The summed E-state index contributed by atoms with van der Waals surface area (Å²) in [5.41, 5.74) is 0.156. The second kappa shape index (κ2) is 11.9. The fourth-order valence-electron chi connectivity index (χ4n) is 2.23. The van der Waals surface area contributed by atoms with Crippen molar-refractivity contribution in [3.8, 4) is 0 Å². The summed E-state index contributed by atoms with van der Waals surface area (Å²) in [5.74, 6) is 0. The van der Waals surface area contributed by atoms with Crippen LogP contribution in [0.4, 0.5) is 0 Å². The quantitative estimate of drug-likeness (QED) is 0.498. The topological polar surface area (TPSA) is 35.6 Å². The Morgan fingerprint density at radius 2 is 2.00 bits per heavy atom. The van der Waals surface area contributed by atoms with Gasteiger partial charge in [0.2, 0.25) is 0 Å². The van der Waals surface area contributed by atoms with E-state index in [0.29, 0.717) is 6.54 Å². The van der Waals surface area contributed by atoms with Gasteiger partial charge >= 0.3 is 0 Å². The summed E-state index contributed by atoms with van der Waals surface area (Å²) in [6.45, 7) is 10.8. The average Bonchev–Trinajstić information content (AvgIpc) is 2.31. The van der Waals surface area contributed by atoms with Crippen LogP contribution in [0.3, 0.4) is 0 Å². The summed E-state index contributed by atoms with van der Waals surface area (Å²) < 4.78 is 0. The van der Waals surface area contributed by atoms with Gasteiger partial charge < -0.3 is 26.8 Å². The first kappa shape index (κ1) is 23.6. The van der Waals surface area contributed by atoms with E-state index in [-0.39, 0.29) is 59.2 Å². The molecule has 0 spiro atoms. The van der Waals surface area contributed by atoms with Crippen LogP contribution in [-0.4, -0.2) is 62.9 Å². The van der Waals surface area contributed by atoms with Crippen LogP contribution < -0.4 is 5.32 Å². The molecule has 1 saturated heterocycles. The summed E-state index contributed by atoms with van der Waals surface area (Å²) in [6, 6.07) is 1.19. The molecule has 0 amide bonds. The Bertz CT molecular complexity index is 261. The van der Waals surface area contributed by atoms with Crippen LogP contribution in [0.15, 0.2) is 0 Å². The van der Waals surface area contributed by atoms with Crippen molar-refractivity contribution in [2.75, 3.05) is 46.8 Å². The summed E-state index contributed by atoms with van der Waals surface area (Å²) in [5, 5.41) is 3.46. The molecule has 0 aromatic heterocycles. The molecule has 6 heteroatoms. The molecule has 1 fully saturated rings. The van der Waals surface area contributed by atoms with E-state index in [1.54, 1.807) is 0 Å². The van der Waals surface area contributed by atoms with Gasteiger partial charge in [0.15, 0.2) is 0 Å². The van der Waals surface area contributed by atoms with Gasteiger partial charge in [0.25, 0.3) is 0 Å². The Morgan fingerprint density at radius 1 is 1.45 bits per heavy atom. The van der Waals surface area contributed by atoms with Crippen molar-refractivity contribution in [3.05, 3.63) is 13.0 Å². The monoisotopic (exact) mass is 525 g/mol. The van der Waals surface area contributed by atoms with E-state index in [9.17, 15) is 4.79 Å². The van der Waals surface area contributed by atoms with Crippen molar-refractivity contribution in [1.29, 1.82) is 0 Å². The second-order valence-corrected chi connectivity index (χ2v) is 5.75. The maximum atomic E-state index is 10.3. The molecule has 115 valence electrons. The minimum Gasteiger partial charge on any atom is -0.541 e. The number of carbonyl (C=O) groups excluding carboxylic acids is 1. The summed E-state index contributed by atoms with van der Waals surface area (Å²) >= 11 is 0. The fraction of sp³-hybridized carbons (Fsp3) is 0.786. The number of rotatable bonds is 7. The first-order valence-electron chi connectivity index (χ1n) is 6.59. The van der Waals surface area contributed by atoms with E-state index in [1.807, 2.05) is 18.2 Å². The van der Waals surface area contributed by atoms with Gasteiger partial charge in [-0.15, -0.1) is 18.5 Å². The van der Waals surface area contributed by atoms with Crippen LogP contribution in [-0.2, 0) is 58.6 Å². The first-order chi connectivity index (χ1) is 8.45. The first-order valence-corrected chi connectivity index (χ1v) is 6.59. The smallest absolute Gasteiger partial charge is 0 e. The molecule has 0 aromatic carbocycles. The van der Waals surface area contributed by atoms with Crippen LogP contribution in [0.1, 0.15) is 19.8 Å². The summed E-state index contributed by atoms with van der Waals surface area (Å²) in [4.78, 5) is 14.6. The number of nitrogens with one attached hydrogen (secondary N) is 1. The van der Waals surface area contributed by atoms with Crippen LogP contribution >= 0.6 is 0 Å². The zero-order valence-corrected chi connectivity index (χ0v) is 18.7. The molecule has 0 unspecified atom stereocenters. The Labute approximate surface area is 163 Å². The van der Waals surface area contributed by atoms with Crippen molar-refractivity contribution in [3.63, 3.8) is 0 Å². The Hall–Kier alpha value is 1.34. The zero-order valence-electron chi connectivity index (χ0n) is 12.9. The second-order valence-electron chi connectivity index (χ2n) is 5.75. The maximum Gasteiger partial charge on any atom is 0 e. The van der Waals surface area contributed by atoms with Crippen LogP contribution in [0.25, 0.3) is 0 Å². The van der Waals surface area contributed by atoms with E-state index in [4.69, 9.17) is 0 Å². The molecule has 1 heterocycles. The molecular weight excluding hydrogens is 499 g/mol. The van der Waals surface area contributed by atoms with Crippen LogP contribution in [0.2, 0.25) is 0 Å². The van der Waals surface area contributed by atoms with Crippen molar-refractivity contribution in [2.24, 2.45) is 5.41 Å². The Balaban J connectivity index is 0. The number of likely N-dealkylation sites (N-methyl/N-ethyl adjacent to an activating group) is 1. The Kier molecular flexibility index (Phi) is 14.0. The van der Waals surface area contributed by atoms with Gasteiger partial charge in [0.1, 0.15) is 0 Å². The van der Waals surface area contributed by atoms with Gasteiger partial charge in [-0.3, -0.25) is 6.29 Å². The normalized spacial score (nSPS) is 18.5. The molecular formula is C14H26N3OWY-3. The van der Waals surface area contributed by atoms with E-state index in [0.717, 1.165) is 39.0 Å². The molecule has 1 radical (unpaired) electrons. The van der Waals surface area contributed by atoms with Crippen LogP contribution in [0.5, 0.6) is 0 Å². The molecule has 1 aliphatic rings. The standard InChI is InChI=1S/C14H26N3O.W.Y/c1-13(11-17(4)9-10-18)15-12-14(2)5-7-16(3)8-6-14;;/h15H,2,5-9,11-12H2,1,3-4H3;;/q-3;;. The fourth-order valence-corrected chi connectivity index (χ4v) is 2.23. The summed E-state index contributed by atoms with van der Waals surface area (Å²) in [7, 11) is 4.08. The number of hydrogen-bond acceptors (Lipinski definition) is 4. The maximum absolute atomic E-state index is 10.3. The van der Waals surface area contributed by atoms with Gasteiger partial charge in [0.05, 0.1) is 0 Å². The summed E-state index contributed by atoms with van der Waals surface area (Å²) in [6.07, 6.45) is 4.19. The number of hydrogen-bond donors (Lipinski definition) is 1. The van der Waals surface area contributed by atoms with Crippen molar-refractivity contribution in [1.82, 2.24) is 15.1 Å². The van der Waals surface area contributed by atoms with Gasteiger partial charge in [-0.05, 0) is 27.2 Å². The minimum absolute atomic E-state index is 0. The largest absolute Gasteiger partial charge is 0.541 e. The van der Waals surface area contributed by atoms with E-state index in [1.165, 1.54) is 6.04 Å². The van der Waals surface area contributed by atoms with E-state index in [2.05, 4.69) is 31.1 Å².